The van der Waals surface area contributed by atoms with Crippen molar-refractivity contribution in [1.29, 1.82) is 0 Å². The van der Waals surface area contributed by atoms with Gasteiger partial charge in [0, 0.05) is 30.0 Å². The third-order valence-corrected chi connectivity index (χ3v) is 5.64. The molecule has 4 rings (SSSR count). The van der Waals surface area contributed by atoms with Gasteiger partial charge in [-0.25, -0.2) is 4.98 Å². The normalized spacial score (nSPS) is 21.3. The summed E-state index contributed by atoms with van der Waals surface area (Å²) in [5, 5.41) is 2.95. The van der Waals surface area contributed by atoms with Crippen LogP contribution in [0.3, 0.4) is 0 Å². The highest BCUT2D eigenvalue weighted by Crippen LogP contribution is 2.43. The molecule has 0 unspecified atom stereocenters. The number of nitrogens with one attached hydrogen (secondary N) is 2. The first-order valence-electron chi connectivity index (χ1n) is 9.16. The van der Waals surface area contributed by atoms with E-state index in [1.807, 2.05) is 24.3 Å². The second kappa shape index (κ2) is 6.33. The lowest BCUT2D eigenvalue weighted by molar-refractivity contribution is -0.134. The second-order valence-electron chi connectivity index (χ2n) is 7.39. The molecule has 140 valence electrons. The van der Waals surface area contributed by atoms with Crippen molar-refractivity contribution in [1.82, 2.24) is 14.9 Å². The zero-order valence-corrected chi connectivity index (χ0v) is 15.5. The summed E-state index contributed by atoms with van der Waals surface area (Å²) in [5.74, 6) is 0.336. The molecule has 0 aliphatic carbocycles. The predicted octanol–water partition coefficient (Wildman–Crippen LogP) is 1.44. The average molecular weight is 366 g/mol. The van der Waals surface area contributed by atoms with E-state index in [4.69, 9.17) is 0 Å². The van der Waals surface area contributed by atoms with Crippen LogP contribution in [-0.4, -0.2) is 39.8 Å². The largest absolute Gasteiger partial charge is 0.341 e. The van der Waals surface area contributed by atoms with Crippen LogP contribution in [0.25, 0.3) is 0 Å². The summed E-state index contributed by atoms with van der Waals surface area (Å²) in [6, 6.07) is 7.66. The molecule has 2 amide bonds. The summed E-state index contributed by atoms with van der Waals surface area (Å²) in [7, 11) is 0. The molecule has 1 atom stereocenters. The van der Waals surface area contributed by atoms with Crippen molar-refractivity contribution in [2.24, 2.45) is 0 Å². The van der Waals surface area contributed by atoms with Gasteiger partial charge in [-0.05, 0) is 38.3 Å². The second-order valence-corrected chi connectivity index (χ2v) is 7.39. The van der Waals surface area contributed by atoms with Crippen molar-refractivity contribution in [3.63, 3.8) is 0 Å². The van der Waals surface area contributed by atoms with Crippen molar-refractivity contribution in [2.75, 3.05) is 18.4 Å². The van der Waals surface area contributed by atoms with E-state index in [9.17, 15) is 14.4 Å². The number of hydrogen-bond donors (Lipinski definition) is 2. The number of nitrogens with zero attached hydrogens (tertiary/aromatic N) is 2. The maximum atomic E-state index is 12.9. The van der Waals surface area contributed by atoms with E-state index in [2.05, 4.69) is 15.3 Å². The van der Waals surface area contributed by atoms with Gasteiger partial charge in [0.25, 0.3) is 5.56 Å². The van der Waals surface area contributed by atoms with Crippen LogP contribution in [0.2, 0.25) is 0 Å². The Bertz CT molecular complexity index is 997. The van der Waals surface area contributed by atoms with Crippen LogP contribution in [-0.2, 0) is 21.4 Å². The quantitative estimate of drug-likeness (QED) is 0.841. The Hall–Kier alpha value is -2.96. The first-order chi connectivity index (χ1) is 12.9. The van der Waals surface area contributed by atoms with Crippen molar-refractivity contribution in [3.8, 4) is 0 Å². The third-order valence-electron chi connectivity index (χ3n) is 5.64. The Morgan fingerprint density at radius 2 is 2.04 bits per heavy atom. The molecule has 2 aliphatic rings. The number of carbonyl (C=O) groups excluding carboxylic acids is 2. The Morgan fingerprint density at radius 1 is 1.26 bits per heavy atom. The van der Waals surface area contributed by atoms with E-state index in [0.29, 0.717) is 36.6 Å². The number of aromatic nitrogens is 2. The van der Waals surface area contributed by atoms with Crippen LogP contribution in [0, 0.1) is 13.8 Å². The fourth-order valence-electron chi connectivity index (χ4n) is 4.27. The SMILES string of the molecule is Cc1nc(C)c(CC(=O)N2CCC[C@]3(C2)C(=O)Nc2ccccc23)c(=O)[nH]1. The summed E-state index contributed by atoms with van der Waals surface area (Å²) in [4.78, 5) is 46.5. The van der Waals surface area contributed by atoms with Crippen LogP contribution < -0.4 is 10.9 Å². The smallest absolute Gasteiger partial charge is 0.254 e. The lowest BCUT2D eigenvalue weighted by atomic mass is 9.75. The molecule has 1 saturated heterocycles. The van der Waals surface area contributed by atoms with Crippen LogP contribution in [0.4, 0.5) is 5.69 Å². The molecular weight excluding hydrogens is 344 g/mol. The van der Waals surface area contributed by atoms with Crippen molar-refractivity contribution in [2.45, 2.75) is 38.5 Å². The highest BCUT2D eigenvalue weighted by Gasteiger charge is 2.49. The lowest BCUT2D eigenvalue weighted by Crippen LogP contribution is -2.52. The third kappa shape index (κ3) is 2.83. The molecule has 1 fully saturated rings. The summed E-state index contributed by atoms with van der Waals surface area (Å²) in [5.41, 5.74) is 1.77. The number of carbonyl (C=O) groups is 2. The molecular formula is C20H22N4O3. The fourth-order valence-corrected chi connectivity index (χ4v) is 4.27. The van der Waals surface area contributed by atoms with Crippen LogP contribution >= 0.6 is 0 Å². The monoisotopic (exact) mass is 366 g/mol. The van der Waals surface area contributed by atoms with Gasteiger partial charge in [-0.15, -0.1) is 0 Å². The zero-order chi connectivity index (χ0) is 19.2. The summed E-state index contributed by atoms with van der Waals surface area (Å²) >= 11 is 0. The van der Waals surface area contributed by atoms with Crippen LogP contribution in [0.5, 0.6) is 0 Å². The van der Waals surface area contributed by atoms with E-state index in [0.717, 1.165) is 17.7 Å². The minimum Gasteiger partial charge on any atom is -0.341 e. The van der Waals surface area contributed by atoms with Crippen LogP contribution in [0.1, 0.15) is 35.5 Å². The number of likely N-dealkylation sites (tertiary alicyclic amines) is 1. The van der Waals surface area contributed by atoms with Crippen molar-refractivity contribution in [3.05, 3.63) is 57.3 Å². The predicted molar refractivity (Wildman–Crippen MR) is 101 cm³/mol. The van der Waals surface area contributed by atoms with Gasteiger partial charge < -0.3 is 15.2 Å². The molecule has 3 heterocycles. The van der Waals surface area contributed by atoms with Gasteiger partial charge in [-0.2, -0.15) is 0 Å². The van der Waals surface area contributed by atoms with Gasteiger partial charge in [0.2, 0.25) is 11.8 Å². The number of piperidine rings is 1. The number of amides is 2. The van der Waals surface area contributed by atoms with Gasteiger partial charge in [-0.1, -0.05) is 18.2 Å². The van der Waals surface area contributed by atoms with E-state index in [-0.39, 0.29) is 23.8 Å². The molecule has 1 aromatic carbocycles. The number of hydrogen-bond acceptors (Lipinski definition) is 4. The molecule has 2 N–H and O–H groups in total. The number of aryl methyl sites for hydroxylation is 2. The number of fused-ring (bicyclic) bond motifs is 2. The van der Waals surface area contributed by atoms with Gasteiger partial charge in [0.1, 0.15) is 5.82 Å². The topological polar surface area (TPSA) is 95.2 Å². The molecule has 0 bridgehead atoms. The van der Waals surface area contributed by atoms with E-state index >= 15 is 0 Å². The minimum atomic E-state index is -0.697. The Labute approximate surface area is 156 Å². The molecule has 0 radical (unpaired) electrons. The van der Waals surface area contributed by atoms with Crippen molar-refractivity contribution < 1.29 is 9.59 Å². The first-order valence-corrected chi connectivity index (χ1v) is 9.16. The van der Waals surface area contributed by atoms with Crippen molar-refractivity contribution >= 4 is 17.5 Å². The fraction of sp³-hybridized carbons (Fsp3) is 0.400. The number of H-pyrrole nitrogens is 1. The Morgan fingerprint density at radius 3 is 2.81 bits per heavy atom. The maximum absolute atomic E-state index is 12.9. The van der Waals surface area contributed by atoms with E-state index in [1.54, 1.807) is 18.7 Å². The van der Waals surface area contributed by atoms with E-state index in [1.165, 1.54) is 0 Å². The Balaban J connectivity index is 1.60. The Kier molecular flexibility index (Phi) is 4.09. The van der Waals surface area contributed by atoms with E-state index < -0.39 is 5.41 Å². The van der Waals surface area contributed by atoms with Gasteiger partial charge in [0.15, 0.2) is 0 Å². The standard InChI is InChI=1S/C20H22N4O3/c1-12-14(18(26)22-13(2)21-12)10-17(25)24-9-5-8-20(11-24)15-6-3-4-7-16(15)23-19(20)27/h3-4,6-7H,5,8-11H2,1-2H3,(H,23,27)(H,21,22,26)/t20-/m1/s1. The van der Waals surface area contributed by atoms with Gasteiger partial charge >= 0.3 is 0 Å². The highest BCUT2D eigenvalue weighted by atomic mass is 16.2. The van der Waals surface area contributed by atoms with Gasteiger partial charge in [0.05, 0.1) is 11.8 Å². The number of aromatic amines is 1. The molecule has 1 aromatic heterocycles. The first kappa shape index (κ1) is 17.5. The molecule has 2 aromatic rings. The molecule has 2 aliphatic heterocycles. The zero-order valence-electron chi connectivity index (χ0n) is 15.5. The highest BCUT2D eigenvalue weighted by molar-refractivity contribution is 6.06. The molecule has 7 heteroatoms. The number of para-hydroxylation sites is 1. The van der Waals surface area contributed by atoms with Gasteiger partial charge in [-0.3, -0.25) is 14.4 Å². The lowest BCUT2D eigenvalue weighted by Gasteiger charge is -2.39. The van der Waals surface area contributed by atoms with Crippen LogP contribution in [0.15, 0.2) is 29.1 Å². The summed E-state index contributed by atoms with van der Waals surface area (Å²) < 4.78 is 0. The molecule has 0 saturated carbocycles. The molecule has 7 nitrogen and oxygen atoms in total. The molecule has 27 heavy (non-hydrogen) atoms. The summed E-state index contributed by atoms with van der Waals surface area (Å²) in [6.07, 6.45) is 1.45. The summed E-state index contributed by atoms with van der Waals surface area (Å²) in [6.45, 7) is 4.38. The average Bonchev–Trinajstić information content (AvgIpc) is 2.90. The number of rotatable bonds is 2. The molecule has 1 spiro atoms. The maximum Gasteiger partial charge on any atom is 0.254 e. The number of benzene rings is 1. The minimum absolute atomic E-state index is 0.00616. The number of anilines is 1.